The smallest absolute Gasteiger partial charge is 0.237 e. The van der Waals surface area contributed by atoms with Crippen LogP contribution in [0.4, 0.5) is 0 Å². The maximum absolute atomic E-state index is 12.5. The van der Waals surface area contributed by atoms with Crippen LogP contribution in [0.25, 0.3) is 0 Å². The molecule has 6 heteroatoms. The largest absolute Gasteiger partial charge is 0.353 e. The van der Waals surface area contributed by atoms with Gasteiger partial charge in [-0.3, -0.25) is 14.8 Å². The van der Waals surface area contributed by atoms with Gasteiger partial charge in [0.1, 0.15) is 0 Å². The van der Waals surface area contributed by atoms with E-state index in [1.165, 1.54) is 43.4 Å². The number of rotatable bonds is 5. The highest BCUT2D eigenvalue weighted by molar-refractivity contribution is 5.82. The van der Waals surface area contributed by atoms with Gasteiger partial charge in [-0.25, -0.2) is 0 Å². The van der Waals surface area contributed by atoms with Gasteiger partial charge in [-0.1, -0.05) is 19.3 Å². The molecule has 1 saturated carbocycles. The van der Waals surface area contributed by atoms with Crippen LogP contribution < -0.4 is 11.1 Å². The van der Waals surface area contributed by atoms with Gasteiger partial charge in [-0.05, 0) is 33.1 Å². The zero-order valence-electron chi connectivity index (χ0n) is 14.9. The summed E-state index contributed by atoms with van der Waals surface area (Å²) in [5, 5.41) is 10.6. The third-order valence-corrected chi connectivity index (χ3v) is 5.31. The second-order valence-corrected chi connectivity index (χ2v) is 7.75. The van der Waals surface area contributed by atoms with Crippen LogP contribution in [0.1, 0.15) is 69.5 Å². The number of hydrogen-bond acceptors (Lipinski definition) is 4. The van der Waals surface area contributed by atoms with Crippen molar-refractivity contribution in [3.05, 3.63) is 17.5 Å². The first-order chi connectivity index (χ1) is 11.5. The summed E-state index contributed by atoms with van der Waals surface area (Å²) in [5.41, 5.74) is 8.66. The van der Waals surface area contributed by atoms with E-state index in [1.807, 2.05) is 20.0 Å². The quantitative estimate of drug-likeness (QED) is 0.768. The Kier molecular flexibility index (Phi) is 5.56. The van der Waals surface area contributed by atoms with Crippen LogP contribution in [0.2, 0.25) is 0 Å². The number of nitrogens with two attached hydrogens (primary N) is 1. The standard InChI is InChI=1S/C18H31N5O/c1-12(2)21-18(24)16-8-15(19)11-23(16)10-14-9-20-22-17(14)13-6-4-3-5-7-13/h9,12-13,15-16H,3-8,10-11,19H2,1-2H3,(H,20,22)(H,21,24)/t15-,16-/m0/s1. The molecule has 2 aliphatic rings. The summed E-state index contributed by atoms with van der Waals surface area (Å²) < 4.78 is 0. The third-order valence-electron chi connectivity index (χ3n) is 5.31. The highest BCUT2D eigenvalue weighted by atomic mass is 16.2. The summed E-state index contributed by atoms with van der Waals surface area (Å²) in [6, 6.07) is 0.0948. The summed E-state index contributed by atoms with van der Waals surface area (Å²) in [7, 11) is 0. The molecule has 0 unspecified atom stereocenters. The Labute approximate surface area is 144 Å². The van der Waals surface area contributed by atoms with Crippen molar-refractivity contribution in [2.24, 2.45) is 5.73 Å². The Morgan fingerprint density at radius 2 is 2.17 bits per heavy atom. The number of carbonyl (C=O) groups excluding carboxylic acids is 1. The fourth-order valence-electron chi connectivity index (χ4n) is 4.18. The topological polar surface area (TPSA) is 87.0 Å². The number of nitrogens with zero attached hydrogens (tertiary/aromatic N) is 2. The Bertz CT molecular complexity index is 549. The van der Waals surface area contributed by atoms with Crippen LogP contribution >= 0.6 is 0 Å². The number of H-pyrrole nitrogens is 1. The Morgan fingerprint density at radius 1 is 1.42 bits per heavy atom. The van der Waals surface area contributed by atoms with Gasteiger partial charge in [0, 0.05) is 42.3 Å². The van der Waals surface area contributed by atoms with Crippen molar-refractivity contribution < 1.29 is 4.79 Å². The summed E-state index contributed by atoms with van der Waals surface area (Å²) in [5.74, 6) is 0.691. The van der Waals surface area contributed by atoms with Gasteiger partial charge in [0.15, 0.2) is 0 Å². The first-order valence-electron chi connectivity index (χ1n) is 9.36. The van der Waals surface area contributed by atoms with Crippen LogP contribution in [0.15, 0.2) is 6.20 Å². The molecule has 134 valence electrons. The van der Waals surface area contributed by atoms with Crippen molar-refractivity contribution in [2.75, 3.05) is 6.54 Å². The number of amides is 1. The zero-order chi connectivity index (χ0) is 17.1. The van der Waals surface area contributed by atoms with Gasteiger partial charge in [0.25, 0.3) is 0 Å². The fourth-order valence-corrected chi connectivity index (χ4v) is 4.18. The van der Waals surface area contributed by atoms with Crippen molar-refractivity contribution in [1.82, 2.24) is 20.4 Å². The lowest BCUT2D eigenvalue weighted by atomic mass is 9.85. The molecule has 0 spiro atoms. The lowest BCUT2D eigenvalue weighted by Gasteiger charge is -2.26. The van der Waals surface area contributed by atoms with Crippen molar-refractivity contribution >= 4 is 5.91 Å². The van der Waals surface area contributed by atoms with Gasteiger partial charge < -0.3 is 11.1 Å². The summed E-state index contributed by atoms with van der Waals surface area (Å²) in [6.07, 6.45) is 9.10. The highest BCUT2D eigenvalue weighted by Crippen LogP contribution is 2.34. The van der Waals surface area contributed by atoms with Crippen LogP contribution in [0.3, 0.4) is 0 Å². The van der Waals surface area contributed by atoms with E-state index in [2.05, 4.69) is 20.4 Å². The minimum atomic E-state index is -0.128. The van der Waals surface area contributed by atoms with Crippen molar-refractivity contribution in [2.45, 2.75) is 83.0 Å². The van der Waals surface area contributed by atoms with Crippen LogP contribution in [-0.4, -0.2) is 45.7 Å². The van der Waals surface area contributed by atoms with Crippen molar-refractivity contribution in [1.29, 1.82) is 0 Å². The van der Waals surface area contributed by atoms with Gasteiger partial charge >= 0.3 is 0 Å². The van der Waals surface area contributed by atoms with Gasteiger partial charge in [-0.15, -0.1) is 0 Å². The summed E-state index contributed by atoms with van der Waals surface area (Å²) in [4.78, 5) is 14.7. The van der Waals surface area contributed by atoms with Crippen LogP contribution in [0, 0.1) is 0 Å². The van der Waals surface area contributed by atoms with Crippen LogP contribution in [-0.2, 0) is 11.3 Å². The summed E-state index contributed by atoms with van der Waals surface area (Å²) in [6.45, 7) is 5.51. The number of aromatic amines is 1. The molecule has 1 aliphatic carbocycles. The molecular weight excluding hydrogens is 302 g/mol. The van der Waals surface area contributed by atoms with Crippen molar-refractivity contribution in [3.8, 4) is 0 Å². The van der Waals surface area contributed by atoms with E-state index in [1.54, 1.807) is 0 Å². The molecule has 3 rings (SSSR count). The highest BCUT2D eigenvalue weighted by Gasteiger charge is 2.36. The number of nitrogens with one attached hydrogen (secondary N) is 2. The second kappa shape index (κ2) is 7.66. The molecule has 0 radical (unpaired) electrons. The minimum Gasteiger partial charge on any atom is -0.353 e. The molecule has 4 N–H and O–H groups in total. The zero-order valence-corrected chi connectivity index (χ0v) is 14.9. The monoisotopic (exact) mass is 333 g/mol. The molecule has 1 amide bonds. The lowest BCUT2D eigenvalue weighted by Crippen LogP contribution is -2.45. The molecule has 6 nitrogen and oxygen atoms in total. The minimum absolute atomic E-state index is 0.0675. The van der Waals surface area contributed by atoms with E-state index in [9.17, 15) is 4.79 Å². The van der Waals surface area contributed by atoms with Gasteiger partial charge in [-0.2, -0.15) is 5.10 Å². The van der Waals surface area contributed by atoms with E-state index >= 15 is 0 Å². The van der Waals surface area contributed by atoms with E-state index < -0.39 is 0 Å². The molecule has 1 aromatic heterocycles. The molecule has 1 saturated heterocycles. The first-order valence-corrected chi connectivity index (χ1v) is 9.36. The maximum Gasteiger partial charge on any atom is 0.237 e. The van der Waals surface area contributed by atoms with E-state index in [-0.39, 0.29) is 24.0 Å². The fraction of sp³-hybridized carbons (Fsp3) is 0.778. The Balaban J connectivity index is 1.70. The number of hydrogen-bond donors (Lipinski definition) is 3. The second-order valence-electron chi connectivity index (χ2n) is 7.75. The predicted octanol–water partition coefficient (Wildman–Crippen LogP) is 1.88. The van der Waals surface area contributed by atoms with E-state index in [0.717, 1.165) is 19.5 Å². The molecule has 0 bridgehead atoms. The summed E-state index contributed by atoms with van der Waals surface area (Å²) >= 11 is 0. The molecule has 1 aromatic rings. The Morgan fingerprint density at radius 3 is 2.88 bits per heavy atom. The molecular formula is C18H31N5O. The number of carbonyl (C=O) groups is 1. The van der Waals surface area contributed by atoms with Crippen LogP contribution in [0.5, 0.6) is 0 Å². The maximum atomic E-state index is 12.5. The molecule has 0 aromatic carbocycles. The SMILES string of the molecule is CC(C)NC(=O)[C@@H]1C[C@H](N)CN1Cc1cn[nH]c1C1CCCCC1. The molecule has 24 heavy (non-hydrogen) atoms. The average molecular weight is 333 g/mol. The van der Waals surface area contributed by atoms with Gasteiger partial charge in [0.05, 0.1) is 12.2 Å². The first kappa shape index (κ1) is 17.4. The average Bonchev–Trinajstić information content (AvgIpc) is 3.14. The molecule has 2 atom stereocenters. The Hall–Kier alpha value is -1.40. The normalized spacial score (nSPS) is 26.2. The van der Waals surface area contributed by atoms with Crippen molar-refractivity contribution in [3.63, 3.8) is 0 Å². The molecule has 2 heterocycles. The number of likely N-dealkylation sites (tertiary alicyclic amines) is 1. The van der Waals surface area contributed by atoms with Gasteiger partial charge in [0.2, 0.25) is 5.91 Å². The molecule has 2 fully saturated rings. The third kappa shape index (κ3) is 3.98. The van der Waals surface area contributed by atoms with E-state index in [0.29, 0.717) is 5.92 Å². The predicted molar refractivity (Wildman–Crippen MR) is 94.5 cm³/mol. The lowest BCUT2D eigenvalue weighted by molar-refractivity contribution is -0.126. The number of aromatic nitrogens is 2. The molecule has 1 aliphatic heterocycles. The van der Waals surface area contributed by atoms with E-state index in [4.69, 9.17) is 5.73 Å².